The fourth-order valence-corrected chi connectivity index (χ4v) is 3.16. The van der Waals surface area contributed by atoms with Gasteiger partial charge in [0.25, 0.3) is 0 Å². The molecule has 26 heavy (non-hydrogen) atoms. The Kier molecular flexibility index (Phi) is 4.79. The molecule has 2 aromatic carbocycles. The third-order valence-corrected chi connectivity index (χ3v) is 4.87. The van der Waals surface area contributed by atoms with E-state index in [0.717, 1.165) is 12.2 Å². The second-order valence-electron chi connectivity index (χ2n) is 9.16. The minimum Gasteiger partial charge on any atom is -0.260 e. The van der Waals surface area contributed by atoms with Crippen molar-refractivity contribution in [2.75, 3.05) is 0 Å². The highest BCUT2D eigenvalue weighted by molar-refractivity contribution is 5.61. The first-order valence-electron chi connectivity index (χ1n) is 9.37. The molecule has 0 aliphatic heterocycles. The summed E-state index contributed by atoms with van der Waals surface area (Å²) in [7, 11) is 0. The third-order valence-electron chi connectivity index (χ3n) is 4.87. The Balaban J connectivity index is 1.93. The van der Waals surface area contributed by atoms with Gasteiger partial charge in [-0.15, -0.1) is 0 Å². The SMILES string of the molecule is CC(C)(C)c1cccc(Cn2nccc2-c2cccc(C(C)(C)C)c2)c1. The van der Waals surface area contributed by atoms with E-state index in [9.17, 15) is 0 Å². The van der Waals surface area contributed by atoms with Crippen molar-refractivity contribution in [1.82, 2.24) is 9.78 Å². The Labute approximate surface area is 157 Å². The average Bonchev–Trinajstić information content (AvgIpc) is 3.02. The summed E-state index contributed by atoms with van der Waals surface area (Å²) in [5.74, 6) is 0. The Morgan fingerprint density at radius 3 is 2.04 bits per heavy atom. The van der Waals surface area contributed by atoms with Crippen molar-refractivity contribution in [1.29, 1.82) is 0 Å². The van der Waals surface area contributed by atoms with Gasteiger partial charge in [-0.2, -0.15) is 5.10 Å². The van der Waals surface area contributed by atoms with E-state index in [1.807, 2.05) is 6.20 Å². The van der Waals surface area contributed by atoms with Crippen LogP contribution in [-0.4, -0.2) is 9.78 Å². The lowest BCUT2D eigenvalue weighted by Gasteiger charge is -2.21. The second-order valence-corrected chi connectivity index (χ2v) is 9.16. The molecule has 1 heterocycles. The molecule has 0 radical (unpaired) electrons. The average molecular weight is 347 g/mol. The maximum atomic E-state index is 4.59. The zero-order chi connectivity index (χ0) is 18.9. The predicted octanol–water partition coefficient (Wildman–Crippen LogP) is 6.19. The van der Waals surface area contributed by atoms with Gasteiger partial charge in [0, 0.05) is 11.8 Å². The van der Waals surface area contributed by atoms with Crippen LogP contribution in [0.4, 0.5) is 0 Å². The van der Waals surface area contributed by atoms with Crippen LogP contribution in [0.1, 0.15) is 58.2 Å². The monoisotopic (exact) mass is 346 g/mol. The molecular formula is C24H30N2. The fraction of sp³-hybridized carbons (Fsp3) is 0.375. The lowest BCUT2D eigenvalue weighted by Crippen LogP contribution is -2.12. The van der Waals surface area contributed by atoms with Crippen LogP contribution in [0.3, 0.4) is 0 Å². The molecule has 2 nitrogen and oxygen atoms in total. The van der Waals surface area contributed by atoms with E-state index >= 15 is 0 Å². The summed E-state index contributed by atoms with van der Waals surface area (Å²) < 4.78 is 2.10. The van der Waals surface area contributed by atoms with Crippen molar-refractivity contribution in [3.63, 3.8) is 0 Å². The largest absolute Gasteiger partial charge is 0.260 e. The number of aromatic nitrogens is 2. The van der Waals surface area contributed by atoms with Gasteiger partial charge in [0.15, 0.2) is 0 Å². The molecule has 1 aromatic heterocycles. The topological polar surface area (TPSA) is 17.8 Å². The first-order valence-corrected chi connectivity index (χ1v) is 9.37. The van der Waals surface area contributed by atoms with Crippen LogP contribution in [0.2, 0.25) is 0 Å². The molecule has 0 aliphatic rings. The normalized spacial score (nSPS) is 12.4. The van der Waals surface area contributed by atoms with E-state index in [1.165, 1.54) is 22.3 Å². The lowest BCUT2D eigenvalue weighted by molar-refractivity contribution is 0.587. The van der Waals surface area contributed by atoms with Gasteiger partial charge in [-0.25, -0.2) is 0 Å². The van der Waals surface area contributed by atoms with Gasteiger partial charge in [-0.3, -0.25) is 4.68 Å². The molecule has 3 aromatic rings. The van der Waals surface area contributed by atoms with Gasteiger partial charge >= 0.3 is 0 Å². The van der Waals surface area contributed by atoms with Gasteiger partial charge in [0.05, 0.1) is 12.2 Å². The van der Waals surface area contributed by atoms with E-state index in [2.05, 4.69) is 106 Å². The minimum absolute atomic E-state index is 0.141. The van der Waals surface area contributed by atoms with Crippen molar-refractivity contribution in [2.45, 2.75) is 58.9 Å². The quantitative estimate of drug-likeness (QED) is 0.552. The standard InChI is InChI=1S/C24H30N2/c1-23(2,3)20-11-7-9-18(15-20)17-26-22(13-14-25-26)19-10-8-12-21(16-19)24(4,5)6/h7-16H,17H2,1-6H3. The number of hydrogen-bond acceptors (Lipinski definition) is 1. The van der Waals surface area contributed by atoms with Crippen LogP contribution < -0.4 is 0 Å². The van der Waals surface area contributed by atoms with Crippen LogP contribution in [0.5, 0.6) is 0 Å². The van der Waals surface area contributed by atoms with Crippen molar-refractivity contribution in [2.24, 2.45) is 0 Å². The molecule has 0 amide bonds. The summed E-state index contributed by atoms with van der Waals surface area (Å²) in [4.78, 5) is 0. The third kappa shape index (κ3) is 4.07. The Bertz CT molecular complexity index is 889. The van der Waals surface area contributed by atoms with Gasteiger partial charge < -0.3 is 0 Å². The Hall–Kier alpha value is -2.35. The molecule has 0 atom stereocenters. The van der Waals surface area contributed by atoms with E-state index in [4.69, 9.17) is 0 Å². The van der Waals surface area contributed by atoms with Crippen LogP contribution >= 0.6 is 0 Å². The lowest BCUT2D eigenvalue weighted by atomic mass is 9.86. The highest BCUT2D eigenvalue weighted by Gasteiger charge is 2.16. The summed E-state index contributed by atoms with van der Waals surface area (Å²) in [5.41, 5.74) is 6.68. The zero-order valence-corrected chi connectivity index (χ0v) is 16.9. The fourth-order valence-electron chi connectivity index (χ4n) is 3.16. The molecule has 0 bridgehead atoms. The number of nitrogens with zero attached hydrogens (tertiary/aromatic N) is 2. The number of rotatable bonds is 3. The highest BCUT2D eigenvalue weighted by atomic mass is 15.3. The molecule has 0 fully saturated rings. The second kappa shape index (κ2) is 6.75. The smallest absolute Gasteiger partial charge is 0.0686 e. The number of benzene rings is 2. The Morgan fingerprint density at radius 2 is 1.38 bits per heavy atom. The van der Waals surface area contributed by atoms with Gasteiger partial charge in [0.1, 0.15) is 0 Å². The first kappa shape index (κ1) is 18.4. The number of hydrogen-bond donors (Lipinski definition) is 0. The molecule has 3 rings (SSSR count). The molecule has 2 heteroatoms. The zero-order valence-electron chi connectivity index (χ0n) is 16.9. The van der Waals surface area contributed by atoms with Crippen molar-refractivity contribution in [3.8, 4) is 11.3 Å². The molecule has 0 aliphatic carbocycles. The van der Waals surface area contributed by atoms with Gasteiger partial charge in [-0.1, -0.05) is 84.0 Å². The van der Waals surface area contributed by atoms with Crippen LogP contribution in [0, 0.1) is 0 Å². The summed E-state index contributed by atoms with van der Waals surface area (Å²) in [6, 6.07) is 19.8. The van der Waals surface area contributed by atoms with Crippen molar-refractivity contribution in [3.05, 3.63) is 77.5 Å². The molecule has 0 saturated carbocycles. The Morgan fingerprint density at radius 1 is 0.769 bits per heavy atom. The van der Waals surface area contributed by atoms with E-state index in [-0.39, 0.29) is 10.8 Å². The highest BCUT2D eigenvalue weighted by Crippen LogP contribution is 2.28. The summed E-state index contributed by atoms with van der Waals surface area (Å²) >= 11 is 0. The molecule has 0 saturated heterocycles. The summed E-state index contributed by atoms with van der Waals surface area (Å²) in [6.07, 6.45) is 1.90. The molecule has 0 spiro atoms. The molecule has 0 unspecified atom stereocenters. The maximum Gasteiger partial charge on any atom is 0.0686 e. The molecule has 136 valence electrons. The summed E-state index contributed by atoms with van der Waals surface area (Å²) in [6.45, 7) is 14.3. The van der Waals surface area contributed by atoms with E-state index < -0.39 is 0 Å². The van der Waals surface area contributed by atoms with E-state index in [0.29, 0.717) is 0 Å². The van der Waals surface area contributed by atoms with Crippen LogP contribution in [-0.2, 0) is 17.4 Å². The first-order chi connectivity index (χ1) is 12.1. The maximum absolute atomic E-state index is 4.59. The predicted molar refractivity (Wildman–Crippen MR) is 111 cm³/mol. The molecular weight excluding hydrogens is 316 g/mol. The van der Waals surface area contributed by atoms with Crippen molar-refractivity contribution >= 4 is 0 Å². The van der Waals surface area contributed by atoms with Crippen molar-refractivity contribution < 1.29 is 0 Å². The summed E-state index contributed by atoms with van der Waals surface area (Å²) in [5, 5.41) is 4.59. The van der Waals surface area contributed by atoms with Crippen LogP contribution in [0.25, 0.3) is 11.3 Å². The molecule has 0 N–H and O–H groups in total. The van der Waals surface area contributed by atoms with Gasteiger partial charge in [-0.05, 0) is 39.7 Å². The van der Waals surface area contributed by atoms with Crippen LogP contribution in [0.15, 0.2) is 60.8 Å². The van der Waals surface area contributed by atoms with E-state index in [1.54, 1.807) is 0 Å². The van der Waals surface area contributed by atoms with Gasteiger partial charge in [0.2, 0.25) is 0 Å². The minimum atomic E-state index is 0.141.